The normalized spacial score (nSPS) is 13.7. The lowest BCUT2D eigenvalue weighted by Crippen LogP contribution is -2.26. The number of nitrogens with two attached hydrogens (primary N) is 1. The number of hydrogen-bond acceptors (Lipinski definition) is 2. The van der Waals surface area contributed by atoms with E-state index in [4.69, 9.17) is 5.73 Å². The van der Waals surface area contributed by atoms with Gasteiger partial charge in [-0.05, 0) is 103 Å². The third-order valence-electron chi connectivity index (χ3n) is 9.45. The molecule has 6 aromatic carbocycles. The predicted molar refractivity (Wildman–Crippen MR) is 184 cm³/mol. The predicted octanol–water partition coefficient (Wildman–Crippen LogP) is 9.83. The maximum Gasteiger partial charge on any atom is 0.0988 e. The number of fused-ring (bicyclic) bond motifs is 10. The van der Waals surface area contributed by atoms with Gasteiger partial charge in [-0.2, -0.15) is 5.26 Å². The van der Waals surface area contributed by atoms with E-state index in [0.29, 0.717) is 12.0 Å². The van der Waals surface area contributed by atoms with Crippen molar-refractivity contribution in [3.05, 3.63) is 191 Å². The van der Waals surface area contributed by atoms with Crippen LogP contribution in [0.1, 0.15) is 27.8 Å². The molecule has 0 saturated heterocycles. The highest BCUT2D eigenvalue weighted by Gasteiger charge is 2.51. The highest BCUT2D eigenvalue weighted by molar-refractivity contribution is 5.96. The summed E-state index contributed by atoms with van der Waals surface area (Å²) >= 11 is 0. The molecule has 2 heteroatoms. The summed E-state index contributed by atoms with van der Waals surface area (Å²) in [6.07, 6.45) is 5.62. The molecule has 0 atom stereocenters. The third kappa shape index (κ3) is 4.09. The summed E-state index contributed by atoms with van der Waals surface area (Å²) < 4.78 is 0. The third-order valence-corrected chi connectivity index (χ3v) is 9.45. The molecule has 0 radical (unpaired) electrons. The highest BCUT2D eigenvalue weighted by Crippen LogP contribution is 2.63. The Bertz CT molecular complexity index is 2150. The molecule has 212 valence electrons. The summed E-state index contributed by atoms with van der Waals surface area (Å²) in [5.41, 5.74) is 22.2. The number of nitriles is 1. The van der Waals surface area contributed by atoms with E-state index in [1.54, 1.807) is 6.08 Å². The van der Waals surface area contributed by atoms with Gasteiger partial charge in [0, 0.05) is 5.57 Å². The molecule has 2 aliphatic rings. The van der Waals surface area contributed by atoms with Gasteiger partial charge in [0.1, 0.15) is 0 Å². The van der Waals surface area contributed by atoms with Gasteiger partial charge in [-0.15, -0.1) is 0 Å². The molecule has 0 unspecified atom stereocenters. The monoisotopic (exact) mass is 574 g/mol. The van der Waals surface area contributed by atoms with Crippen LogP contribution >= 0.6 is 0 Å². The van der Waals surface area contributed by atoms with Crippen molar-refractivity contribution in [1.29, 1.82) is 5.26 Å². The summed E-state index contributed by atoms with van der Waals surface area (Å²) in [4.78, 5) is 0. The highest BCUT2D eigenvalue weighted by atomic mass is 14.5. The van der Waals surface area contributed by atoms with Crippen LogP contribution in [-0.2, 0) is 11.8 Å². The second-order valence-corrected chi connectivity index (χ2v) is 11.8. The fraction of sp³-hybridized carbons (Fsp3) is 0.0465. The van der Waals surface area contributed by atoms with E-state index in [1.807, 2.05) is 6.08 Å². The van der Waals surface area contributed by atoms with Crippen molar-refractivity contribution in [2.75, 3.05) is 0 Å². The zero-order valence-corrected chi connectivity index (χ0v) is 24.7. The van der Waals surface area contributed by atoms with Crippen LogP contribution in [-0.4, -0.2) is 0 Å². The molecular weight excluding hydrogens is 544 g/mol. The first-order chi connectivity index (χ1) is 22.2. The lowest BCUT2D eigenvalue weighted by Gasteiger charge is -2.31. The van der Waals surface area contributed by atoms with Crippen LogP contribution in [0.15, 0.2) is 163 Å². The second kappa shape index (κ2) is 10.7. The first-order valence-corrected chi connectivity index (χ1v) is 15.3. The van der Waals surface area contributed by atoms with Gasteiger partial charge in [0.05, 0.1) is 11.5 Å². The van der Waals surface area contributed by atoms with Crippen molar-refractivity contribution in [2.24, 2.45) is 5.73 Å². The number of allylic oxidation sites excluding steroid dienone is 3. The summed E-state index contributed by atoms with van der Waals surface area (Å²) in [5, 5.41) is 9.33. The molecule has 0 aliphatic heterocycles. The van der Waals surface area contributed by atoms with Crippen LogP contribution in [0.25, 0.3) is 44.5 Å². The molecule has 2 aliphatic carbocycles. The molecule has 2 N–H and O–H groups in total. The minimum Gasteiger partial charge on any atom is -0.405 e. The zero-order chi connectivity index (χ0) is 30.4. The molecule has 0 aromatic heterocycles. The van der Waals surface area contributed by atoms with Crippen LogP contribution in [0.5, 0.6) is 0 Å². The maximum atomic E-state index is 9.33. The first-order valence-electron chi connectivity index (χ1n) is 15.3. The second-order valence-electron chi connectivity index (χ2n) is 11.8. The molecule has 6 aromatic rings. The van der Waals surface area contributed by atoms with E-state index in [9.17, 15) is 5.26 Å². The standard InChI is InChI=1S/C43H30N2/c44-25-24-30(28-45)15-14-29-16-18-32(19-17-29)34-21-23-38-37-22-20-33(31-8-2-1-3-9-31)26-41(37)43(42(38)27-34)39-12-6-4-10-35(39)36-11-5-7-13-40(36)43/h1-13,15-27H,14,44H2/b25-24-,30-15+. The molecule has 0 bridgehead atoms. The van der Waals surface area contributed by atoms with Crippen molar-refractivity contribution in [3.63, 3.8) is 0 Å². The van der Waals surface area contributed by atoms with Crippen molar-refractivity contribution in [3.8, 4) is 50.6 Å². The Balaban J connectivity index is 1.31. The van der Waals surface area contributed by atoms with Gasteiger partial charge in [-0.25, -0.2) is 0 Å². The number of benzene rings is 6. The molecule has 0 amide bonds. The minimum absolute atomic E-state index is 0.409. The van der Waals surface area contributed by atoms with Crippen LogP contribution in [0.3, 0.4) is 0 Å². The lowest BCUT2D eigenvalue weighted by molar-refractivity contribution is 0.794. The average Bonchev–Trinajstić information content (AvgIpc) is 3.57. The molecule has 2 nitrogen and oxygen atoms in total. The van der Waals surface area contributed by atoms with Crippen molar-refractivity contribution in [2.45, 2.75) is 11.8 Å². The van der Waals surface area contributed by atoms with Crippen LogP contribution in [0.2, 0.25) is 0 Å². The summed E-state index contributed by atoms with van der Waals surface area (Å²) in [6, 6.07) is 53.5. The van der Waals surface area contributed by atoms with E-state index >= 15 is 0 Å². The fourth-order valence-electron chi connectivity index (χ4n) is 7.44. The average molecular weight is 575 g/mol. The van der Waals surface area contributed by atoms with Gasteiger partial charge >= 0.3 is 0 Å². The Kier molecular flexibility index (Phi) is 6.33. The Morgan fingerprint density at radius 3 is 1.60 bits per heavy atom. The Hall–Kier alpha value is -5.91. The molecular formula is C43H30N2. The summed E-state index contributed by atoms with van der Waals surface area (Å²) in [6.45, 7) is 0. The van der Waals surface area contributed by atoms with Gasteiger partial charge in [0.2, 0.25) is 0 Å². The Morgan fingerprint density at radius 1 is 0.556 bits per heavy atom. The molecule has 1 spiro atoms. The van der Waals surface area contributed by atoms with Crippen LogP contribution in [0.4, 0.5) is 0 Å². The summed E-state index contributed by atoms with van der Waals surface area (Å²) in [5.74, 6) is 0. The molecule has 0 saturated carbocycles. The maximum absolute atomic E-state index is 9.33. The molecule has 0 heterocycles. The topological polar surface area (TPSA) is 49.8 Å². The smallest absolute Gasteiger partial charge is 0.0988 e. The van der Waals surface area contributed by atoms with Gasteiger partial charge in [0.25, 0.3) is 0 Å². The van der Waals surface area contributed by atoms with E-state index in [-0.39, 0.29) is 0 Å². The molecule has 8 rings (SSSR count). The molecule has 45 heavy (non-hydrogen) atoms. The van der Waals surface area contributed by atoms with Gasteiger partial charge < -0.3 is 5.73 Å². The van der Waals surface area contributed by atoms with E-state index in [1.165, 1.54) is 73.0 Å². The van der Waals surface area contributed by atoms with Crippen LogP contribution < -0.4 is 5.73 Å². The van der Waals surface area contributed by atoms with Crippen molar-refractivity contribution >= 4 is 0 Å². The van der Waals surface area contributed by atoms with Crippen molar-refractivity contribution < 1.29 is 0 Å². The first kappa shape index (κ1) is 26.7. The van der Waals surface area contributed by atoms with Gasteiger partial charge in [-0.3, -0.25) is 0 Å². The quantitative estimate of drug-likeness (QED) is 0.164. The molecule has 0 fully saturated rings. The van der Waals surface area contributed by atoms with Gasteiger partial charge in [-0.1, -0.05) is 133 Å². The largest absolute Gasteiger partial charge is 0.405 e. The fourth-order valence-corrected chi connectivity index (χ4v) is 7.44. The van der Waals surface area contributed by atoms with Crippen molar-refractivity contribution in [1.82, 2.24) is 0 Å². The number of rotatable bonds is 5. The zero-order valence-electron chi connectivity index (χ0n) is 24.7. The van der Waals surface area contributed by atoms with Crippen LogP contribution in [0, 0.1) is 11.3 Å². The van der Waals surface area contributed by atoms with Gasteiger partial charge in [0.15, 0.2) is 0 Å². The lowest BCUT2D eigenvalue weighted by atomic mass is 9.70. The Labute approximate surface area is 264 Å². The number of nitrogens with zero attached hydrogens (tertiary/aromatic N) is 1. The van der Waals surface area contributed by atoms with E-state index < -0.39 is 5.41 Å². The minimum atomic E-state index is -0.409. The summed E-state index contributed by atoms with van der Waals surface area (Å²) in [7, 11) is 0. The number of hydrogen-bond donors (Lipinski definition) is 1. The van der Waals surface area contributed by atoms with E-state index in [2.05, 4.69) is 146 Å². The SMILES string of the molecule is N#CC(/C=C\N)=C/Cc1ccc(-c2ccc3c(c2)C2(c4ccccc4-c4ccccc42)c2cc(-c4ccccc4)ccc2-3)cc1. The van der Waals surface area contributed by atoms with E-state index in [0.717, 1.165) is 5.56 Å². The Morgan fingerprint density at radius 2 is 1.04 bits per heavy atom.